The smallest absolute Gasteiger partial charge is 0.139 e. The average Bonchev–Trinajstić information content (AvgIpc) is 3.27. The first-order valence-corrected chi connectivity index (χ1v) is 11.7. The molecule has 2 aromatic carbocycles. The van der Waals surface area contributed by atoms with Crippen molar-refractivity contribution in [2.24, 2.45) is 0 Å². The topological polar surface area (TPSA) is 26.0 Å². The van der Waals surface area contributed by atoms with Crippen LogP contribution in [0.3, 0.4) is 0 Å². The fraction of sp³-hybridized carbons (Fsp3) is 0.192. The minimum Gasteiger partial charge on any atom is -0.456 e. The number of hydrogen-bond donors (Lipinski definition) is 0. The molecule has 0 amide bonds. The Morgan fingerprint density at radius 2 is 1.83 bits per heavy atom. The maximum absolute atomic E-state index is 6.25. The van der Waals surface area contributed by atoms with Gasteiger partial charge in [-0.2, -0.15) is 0 Å². The lowest BCUT2D eigenvalue weighted by Crippen LogP contribution is -2.12. The van der Waals surface area contributed by atoms with Gasteiger partial charge in [0.1, 0.15) is 11.2 Å². The van der Waals surface area contributed by atoms with E-state index < -0.39 is 0 Å². The van der Waals surface area contributed by atoms with Crippen LogP contribution in [0.15, 0.2) is 69.3 Å². The molecule has 3 heterocycles. The molecule has 0 aliphatic rings. The lowest BCUT2D eigenvalue weighted by atomic mass is 9.85. The van der Waals surface area contributed by atoms with Crippen LogP contribution in [0.5, 0.6) is 0 Å². The first-order chi connectivity index (χ1) is 14.4. The third-order valence-electron chi connectivity index (χ3n) is 5.54. The van der Waals surface area contributed by atoms with E-state index in [1.54, 1.807) is 23.1 Å². The number of rotatable bonds is 3. The standard InChI is InChI=1S/C26H23NOS2/c1-6-29-20-9-7-16(13-17(20)26(3,4)5)25-24-19(11-12-27-25)28-18-8-10-21-22(23(18)24)15(2)14-30-21/h6-14H,1H2,2-5H3. The predicted molar refractivity (Wildman–Crippen MR) is 132 cm³/mol. The van der Waals surface area contributed by atoms with Crippen LogP contribution in [0.25, 0.3) is 43.3 Å². The Balaban J connectivity index is 1.87. The van der Waals surface area contributed by atoms with Gasteiger partial charge in [-0.1, -0.05) is 45.2 Å². The molecule has 3 aromatic heterocycles. The van der Waals surface area contributed by atoms with Gasteiger partial charge in [-0.25, -0.2) is 0 Å². The average molecular weight is 430 g/mol. The second kappa shape index (κ2) is 7.00. The largest absolute Gasteiger partial charge is 0.456 e. The molecule has 0 saturated heterocycles. The highest BCUT2D eigenvalue weighted by Crippen LogP contribution is 2.43. The fourth-order valence-electron chi connectivity index (χ4n) is 4.16. The van der Waals surface area contributed by atoms with Crippen LogP contribution in [-0.2, 0) is 5.41 Å². The first kappa shape index (κ1) is 19.4. The van der Waals surface area contributed by atoms with Gasteiger partial charge in [0.2, 0.25) is 0 Å². The lowest BCUT2D eigenvalue weighted by Gasteiger charge is -2.23. The monoisotopic (exact) mass is 429 g/mol. The van der Waals surface area contributed by atoms with Crippen molar-refractivity contribution in [3.63, 3.8) is 0 Å². The fourth-order valence-corrected chi connectivity index (χ4v) is 5.93. The molecule has 0 unspecified atom stereocenters. The summed E-state index contributed by atoms with van der Waals surface area (Å²) in [5.74, 6) is 0. The zero-order chi connectivity index (χ0) is 21.0. The molecule has 5 rings (SSSR count). The second-order valence-electron chi connectivity index (χ2n) is 8.61. The molecule has 0 saturated carbocycles. The lowest BCUT2D eigenvalue weighted by molar-refractivity contribution is 0.578. The molecule has 0 fully saturated rings. The zero-order valence-electron chi connectivity index (χ0n) is 17.6. The molecule has 0 spiro atoms. The minimum atomic E-state index is 0.0188. The van der Waals surface area contributed by atoms with Crippen molar-refractivity contribution < 1.29 is 4.42 Å². The summed E-state index contributed by atoms with van der Waals surface area (Å²) in [5, 5.41) is 7.66. The molecule has 2 nitrogen and oxygen atoms in total. The van der Waals surface area contributed by atoms with E-state index in [-0.39, 0.29) is 5.41 Å². The third kappa shape index (κ3) is 2.98. The van der Waals surface area contributed by atoms with E-state index in [9.17, 15) is 0 Å². The number of thioether (sulfide) groups is 1. The van der Waals surface area contributed by atoms with Gasteiger partial charge >= 0.3 is 0 Å². The highest BCUT2D eigenvalue weighted by Gasteiger charge is 2.22. The Morgan fingerprint density at radius 1 is 1.03 bits per heavy atom. The Kier molecular flexibility index (Phi) is 4.53. The first-order valence-electron chi connectivity index (χ1n) is 9.99. The van der Waals surface area contributed by atoms with Crippen LogP contribution in [0.2, 0.25) is 0 Å². The van der Waals surface area contributed by atoms with Crippen LogP contribution in [0, 0.1) is 6.92 Å². The normalized spacial score (nSPS) is 12.3. The van der Waals surface area contributed by atoms with Crippen LogP contribution < -0.4 is 0 Å². The van der Waals surface area contributed by atoms with E-state index in [0.717, 1.165) is 27.8 Å². The van der Waals surface area contributed by atoms with Crippen LogP contribution in [-0.4, -0.2) is 4.98 Å². The number of pyridine rings is 1. The molecule has 0 aliphatic carbocycles. The number of aryl methyl sites for hydroxylation is 1. The maximum atomic E-state index is 6.25. The number of aromatic nitrogens is 1. The number of benzene rings is 2. The van der Waals surface area contributed by atoms with Crippen molar-refractivity contribution in [1.29, 1.82) is 0 Å². The highest BCUT2D eigenvalue weighted by atomic mass is 32.2. The van der Waals surface area contributed by atoms with E-state index in [4.69, 9.17) is 9.40 Å². The number of fused-ring (bicyclic) bond motifs is 5. The molecule has 0 radical (unpaired) electrons. The summed E-state index contributed by atoms with van der Waals surface area (Å²) < 4.78 is 7.54. The van der Waals surface area contributed by atoms with Crippen LogP contribution in [0.4, 0.5) is 0 Å². The number of thiophene rings is 1. The molecule has 4 heteroatoms. The Morgan fingerprint density at radius 3 is 2.60 bits per heavy atom. The van der Waals surface area contributed by atoms with Crippen molar-refractivity contribution >= 4 is 55.1 Å². The van der Waals surface area contributed by atoms with Crippen molar-refractivity contribution in [3.05, 3.63) is 71.1 Å². The summed E-state index contributed by atoms with van der Waals surface area (Å²) in [7, 11) is 0. The summed E-state index contributed by atoms with van der Waals surface area (Å²) in [6.45, 7) is 12.8. The van der Waals surface area contributed by atoms with Gasteiger partial charge < -0.3 is 4.42 Å². The zero-order valence-corrected chi connectivity index (χ0v) is 19.2. The van der Waals surface area contributed by atoms with E-state index >= 15 is 0 Å². The molecule has 150 valence electrons. The summed E-state index contributed by atoms with van der Waals surface area (Å²) in [6, 6.07) is 12.9. The van der Waals surface area contributed by atoms with Gasteiger partial charge in [0, 0.05) is 32.1 Å². The highest BCUT2D eigenvalue weighted by molar-refractivity contribution is 8.02. The van der Waals surface area contributed by atoms with E-state index in [1.807, 2.05) is 17.7 Å². The summed E-state index contributed by atoms with van der Waals surface area (Å²) in [5.41, 5.74) is 6.50. The van der Waals surface area contributed by atoms with Gasteiger partial charge in [0.15, 0.2) is 0 Å². The van der Waals surface area contributed by atoms with E-state index in [0.29, 0.717) is 0 Å². The summed E-state index contributed by atoms with van der Waals surface area (Å²) in [6.07, 6.45) is 1.85. The predicted octanol–water partition coefficient (Wildman–Crippen LogP) is 8.70. The second-order valence-corrected chi connectivity index (χ2v) is 10.5. The number of hydrogen-bond acceptors (Lipinski definition) is 4. The van der Waals surface area contributed by atoms with E-state index in [1.165, 1.54) is 31.5 Å². The van der Waals surface area contributed by atoms with Crippen LogP contribution >= 0.6 is 23.1 Å². The maximum Gasteiger partial charge on any atom is 0.139 e. The molecular weight excluding hydrogens is 406 g/mol. The van der Waals surface area contributed by atoms with Crippen molar-refractivity contribution in [3.8, 4) is 11.3 Å². The third-order valence-corrected chi connectivity index (χ3v) is 7.38. The molecule has 0 N–H and O–H groups in total. The molecule has 0 bridgehead atoms. The van der Waals surface area contributed by atoms with Crippen molar-refractivity contribution in [2.45, 2.75) is 38.0 Å². The molecule has 0 atom stereocenters. The molecular formula is C26H23NOS2. The van der Waals surface area contributed by atoms with Gasteiger partial charge in [-0.05, 0) is 64.6 Å². The van der Waals surface area contributed by atoms with Gasteiger partial charge in [0.25, 0.3) is 0 Å². The van der Waals surface area contributed by atoms with Gasteiger partial charge in [-0.15, -0.1) is 11.3 Å². The van der Waals surface area contributed by atoms with Gasteiger partial charge in [0.05, 0.1) is 11.1 Å². The molecule has 5 aromatic rings. The molecule has 30 heavy (non-hydrogen) atoms. The SMILES string of the molecule is C=CSc1ccc(-c2nccc3oc4ccc5scc(C)c5c4c23)cc1C(C)(C)C. The quantitative estimate of drug-likeness (QED) is 0.268. The number of furan rings is 1. The van der Waals surface area contributed by atoms with Crippen molar-refractivity contribution in [1.82, 2.24) is 4.98 Å². The molecule has 0 aliphatic heterocycles. The van der Waals surface area contributed by atoms with E-state index in [2.05, 4.69) is 70.0 Å². The number of nitrogens with zero attached hydrogens (tertiary/aromatic N) is 1. The Hall–Kier alpha value is -2.56. The van der Waals surface area contributed by atoms with Crippen molar-refractivity contribution in [2.75, 3.05) is 0 Å². The summed E-state index contributed by atoms with van der Waals surface area (Å²) in [4.78, 5) is 6.07. The van der Waals surface area contributed by atoms with Crippen LogP contribution in [0.1, 0.15) is 31.9 Å². The Bertz CT molecular complexity index is 1430. The Labute approximate surface area is 184 Å². The minimum absolute atomic E-state index is 0.0188. The summed E-state index contributed by atoms with van der Waals surface area (Å²) >= 11 is 3.45. The van der Waals surface area contributed by atoms with Gasteiger partial charge in [-0.3, -0.25) is 4.98 Å².